The lowest BCUT2D eigenvalue weighted by Crippen LogP contribution is -2.01. The van der Waals surface area contributed by atoms with E-state index in [0.717, 1.165) is 28.1 Å². The van der Waals surface area contributed by atoms with Gasteiger partial charge in [-0.05, 0) is 48.0 Å². The lowest BCUT2D eigenvalue weighted by Gasteiger charge is -2.09. The van der Waals surface area contributed by atoms with Gasteiger partial charge in [-0.1, -0.05) is 91.0 Å². The van der Waals surface area contributed by atoms with Crippen molar-refractivity contribution in [3.63, 3.8) is 0 Å². The van der Waals surface area contributed by atoms with Crippen LogP contribution in [-0.2, 0) is 0 Å². The van der Waals surface area contributed by atoms with Gasteiger partial charge in [-0.2, -0.15) is 5.26 Å². The maximum atomic E-state index is 9.12. The first kappa shape index (κ1) is 25.8. The van der Waals surface area contributed by atoms with Crippen LogP contribution in [0.5, 0.6) is 0 Å². The van der Waals surface area contributed by atoms with Gasteiger partial charge in [-0.15, -0.1) is 11.3 Å². The van der Waals surface area contributed by atoms with Crippen molar-refractivity contribution in [1.82, 2.24) is 4.57 Å². The van der Waals surface area contributed by atoms with E-state index in [1.54, 1.807) is 24.3 Å². The molecule has 8 rings (SSSR count). The number of hydrogen-bond donors (Lipinski definition) is 1. The second-order valence-corrected chi connectivity index (χ2v) is 11.8. The van der Waals surface area contributed by atoms with E-state index in [4.69, 9.17) is 15.7 Å². The maximum absolute atomic E-state index is 9.12. The van der Waals surface area contributed by atoms with Crippen molar-refractivity contribution in [2.45, 2.75) is 0 Å². The highest BCUT2D eigenvalue weighted by molar-refractivity contribution is 7.26. The summed E-state index contributed by atoms with van der Waals surface area (Å²) in [6.07, 6.45) is 1.85. The summed E-state index contributed by atoms with van der Waals surface area (Å²) in [7, 11) is 0. The first-order valence-electron chi connectivity index (χ1n) is 14.4. The summed E-state index contributed by atoms with van der Waals surface area (Å²) in [6, 6.07) is 47.2. The number of para-hydroxylation sites is 2. The van der Waals surface area contributed by atoms with Gasteiger partial charge in [-0.25, -0.2) is 0 Å². The molecule has 0 saturated heterocycles. The maximum Gasteiger partial charge on any atom is 0.0991 e. The number of hydrogen-bond acceptors (Lipinski definition) is 4. The largest absolute Gasteiger partial charge is 0.308 e. The number of nitrogens with one attached hydrogen (secondary N) is 1. The number of nitrogens with zero attached hydrogens (tertiary/aromatic N) is 3. The van der Waals surface area contributed by atoms with E-state index in [2.05, 4.69) is 95.6 Å². The number of aromatic nitrogens is 1. The average Bonchev–Trinajstić information content (AvgIpc) is 3.63. The fraction of sp³-hybridized carbons (Fsp3) is 0. The second-order valence-electron chi connectivity index (χ2n) is 10.7. The van der Waals surface area contributed by atoms with Crippen LogP contribution in [0.15, 0.2) is 138 Å². The van der Waals surface area contributed by atoms with E-state index >= 15 is 0 Å². The molecule has 8 aromatic rings. The Morgan fingerprint density at radius 1 is 0.705 bits per heavy atom. The zero-order chi connectivity index (χ0) is 29.6. The Morgan fingerprint density at radius 2 is 1.41 bits per heavy atom. The minimum absolute atomic E-state index is 0.372. The van der Waals surface area contributed by atoms with Gasteiger partial charge in [0.05, 0.1) is 38.8 Å². The fourth-order valence-electron chi connectivity index (χ4n) is 6.02. The van der Waals surface area contributed by atoms with E-state index in [1.165, 1.54) is 42.0 Å². The highest BCUT2D eigenvalue weighted by atomic mass is 32.1. The Balaban J connectivity index is 1.19. The smallest absolute Gasteiger partial charge is 0.0991 e. The molecule has 0 radical (unpaired) electrons. The summed E-state index contributed by atoms with van der Waals surface area (Å²) in [5, 5.41) is 23.0. The molecule has 0 saturated carbocycles. The van der Waals surface area contributed by atoms with Crippen molar-refractivity contribution in [2.75, 3.05) is 0 Å². The number of thiophene rings is 1. The molecule has 0 aliphatic rings. The van der Waals surface area contributed by atoms with E-state index in [-0.39, 0.29) is 0 Å². The highest BCUT2D eigenvalue weighted by Crippen LogP contribution is 2.42. The third-order valence-corrected chi connectivity index (χ3v) is 9.35. The summed E-state index contributed by atoms with van der Waals surface area (Å²) >= 11 is 1.85. The molecule has 0 atom stereocenters. The van der Waals surface area contributed by atoms with Gasteiger partial charge in [0.1, 0.15) is 0 Å². The number of aliphatic imine (C=N–C) groups is 1. The average molecular weight is 581 g/mol. The summed E-state index contributed by atoms with van der Waals surface area (Å²) in [6.45, 7) is 0. The third-order valence-electron chi connectivity index (χ3n) is 8.16. The number of rotatable bonds is 5. The lowest BCUT2D eigenvalue weighted by molar-refractivity contribution is 1.19. The van der Waals surface area contributed by atoms with Gasteiger partial charge in [-0.3, -0.25) is 10.4 Å². The van der Waals surface area contributed by atoms with Gasteiger partial charge in [0, 0.05) is 49.3 Å². The van der Waals surface area contributed by atoms with Gasteiger partial charge < -0.3 is 4.57 Å². The van der Waals surface area contributed by atoms with Crippen LogP contribution in [0, 0.1) is 16.7 Å². The summed E-state index contributed by atoms with van der Waals surface area (Å²) in [4.78, 5) is 4.79. The molecule has 0 unspecified atom stereocenters. The molecule has 0 amide bonds. The Bertz CT molecular complexity index is 2450. The molecule has 0 aliphatic heterocycles. The first-order chi connectivity index (χ1) is 21.7. The van der Waals surface area contributed by atoms with Crippen molar-refractivity contribution in [2.24, 2.45) is 4.99 Å². The molecule has 44 heavy (non-hydrogen) atoms. The van der Waals surface area contributed by atoms with Gasteiger partial charge >= 0.3 is 0 Å². The zero-order valence-corrected chi connectivity index (χ0v) is 24.3. The molecule has 2 aromatic heterocycles. The first-order valence-corrected chi connectivity index (χ1v) is 15.2. The Labute approximate surface area is 257 Å². The van der Waals surface area contributed by atoms with Crippen LogP contribution in [0.3, 0.4) is 0 Å². The molecule has 0 bridgehead atoms. The van der Waals surface area contributed by atoms with Crippen LogP contribution in [0.2, 0.25) is 0 Å². The molecule has 0 aliphatic carbocycles. The Kier molecular flexibility index (Phi) is 6.15. The monoisotopic (exact) mass is 580 g/mol. The quantitative estimate of drug-likeness (QED) is 0.202. The lowest BCUT2D eigenvalue weighted by atomic mass is 10.00. The molecule has 6 aromatic carbocycles. The molecule has 4 nitrogen and oxygen atoms in total. The molecule has 5 heteroatoms. The molecular formula is C39H24N4S. The van der Waals surface area contributed by atoms with Crippen LogP contribution in [-0.4, -0.2) is 16.5 Å². The number of nitriles is 1. The molecule has 1 N–H and O–H groups in total. The van der Waals surface area contributed by atoms with E-state index in [0.29, 0.717) is 11.3 Å². The Morgan fingerprint density at radius 3 is 2.23 bits per heavy atom. The highest BCUT2D eigenvalue weighted by Gasteiger charge is 2.17. The Hall–Kier alpha value is -5.83. The minimum Gasteiger partial charge on any atom is -0.308 e. The van der Waals surface area contributed by atoms with Crippen LogP contribution in [0.1, 0.15) is 22.3 Å². The summed E-state index contributed by atoms with van der Waals surface area (Å²) < 4.78 is 4.98. The van der Waals surface area contributed by atoms with Crippen LogP contribution in [0.4, 0.5) is 5.69 Å². The van der Waals surface area contributed by atoms with Crippen molar-refractivity contribution in [3.8, 4) is 11.8 Å². The van der Waals surface area contributed by atoms with Crippen LogP contribution < -0.4 is 0 Å². The molecular weight excluding hydrogens is 557 g/mol. The third kappa shape index (κ3) is 4.20. The summed E-state index contributed by atoms with van der Waals surface area (Å²) in [5.74, 6) is 0. The standard InChI is InChI=1S/C39H24N4S/c40-23-25-13-17-27(18-14-25)37(41)33-9-1-4-10-34(33)42-24-26-15-19-28(20-16-26)43-35-11-5-2-7-29(35)31-21-22-32-30-8-3-6-12-36(30)44-39(32)38(31)43/h1-22,24,41H. The molecule has 206 valence electrons. The molecule has 0 spiro atoms. The van der Waals surface area contributed by atoms with Gasteiger partial charge in [0.2, 0.25) is 0 Å². The zero-order valence-electron chi connectivity index (χ0n) is 23.5. The van der Waals surface area contributed by atoms with E-state index in [1.807, 2.05) is 41.8 Å². The van der Waals surface area contributed by atoms with E-state index < -0.39 is 0 Å². The minimum atomic E-state index is 0.372. The molecule has 0 fully saturated rings. The SMILES string of the molecule is N#Cc1ccc(C(=N)c2ccccc2N=Cc2ccc(-n3c4ccccc4c4ccc5c6ccccc6sc5c43)cc2)cc1. The second kappa shape index (κ2) is 10.5. The topological polar surface area (TPSA) is 64.9 Å². The predicted molar refractivity (Wildman–Crippen MR) is 184 cm³/mol. The normalized spacial score (nSPS) is 11.6. The molecule has 2 heterocycles. The van der Waals surface area contributed by atoms with Crippen molar-refractivity contribution in [3.05, 3.63) is 156 Å². The van der Waals surface area contributed by atoms with Crippen molar-refractivity contribution < 1.29 is 0 Å². The number of benzene rings is 6. The van der Waals surface area contributed by atoms with Gasteiger partial charge in [0.15, 0.2) is 0 Å². The van der Waals surface area contributed by atoms with Crippen molar-refractivity contribution >= 4 is 70.9 Å². The van der Waals surface area contributed by atoms with E-state index in [9.17, 15) is 0 Å². The summed E-state index contributed by atoms with van der Waals surface area (Å²) in [5.41, 5.74) is 7.65. The van der Waals surface area contributed by atoms with Crippen molar-refractivity contribution in [1.29, 1.82) is 10.7 Å². The van der Waals surface area contributed by atoms with Gasteiger partial charge in [0.25, 0.3) is 0 Å². The van der Waals surface area contributed by atoms with Crippen LogP contribution >= 0.6 is 11.3 Å². The number of fused-ring (bicyclic) bond motifs is 7. The predicted octanol–water partition coefficient (Wildman–Crippen LogP) is 10.2. The fourth-order valence-corrected chi connectivity index (χ4v) is 7.26. The van der Waals surface area contributed by atoms with Crippen LogP contribution in [0.25, 0.3) is 47.7 Å².